The number of aliphatic hydroxyl groups is 1. The number of furan rings is 1. The lowest BCUT2D eigenvalue weighted by Gasteiger charge is -2.17. The lowest BCUT2D eigenvalue weighted by atomic mass is 10.1. The first-order chi connectivity index (χ1) is 6.41. The van der Waals surface area contributed by atoms with Crippen LogP contribution in [0.1, 0.15) is 18.2 Å². The van der Waals surface area contributed by atoms with Crippen molar-refractivity contribution in [2.45, 2.75) is 24.7 Å². The first kappa shape index (κ1) is 11.1. The highest BCUT2D eigenvalue weighted by atomic mass is 19.4. The number of halogens is 3. The fourth-order valence-electron chi connectivity index (χ4n) is 0.993. The summed E-state index contributed by atoms with van der Waals surface area (Å²) in [5, 5.41) is 8.71. The van der Waals surface area contributed by atoms with Crippen molar-refractivity contribution in [3.05, 3.63) is 24.2 Å². The van der Waals surface area contributed by atoms with Gasteiger partial charge in [-0.05, 0) is 12.1 Å². The van der Waals surface area contributed by atoms with Gasteiger partial charge in [-0.2, -0.15) is 13.2 Å². The zero-order valence-electron chi connectivity index (χ0n) is 7.16. The summed E-state index contributed by atoms with van der Waals surface area (Å²) in [6, 6.07) is 2.05. The van der Waals surface area contributed by atoms with Gasteiger partial charge in [-0.1, -0.05) is 0 Å². The monoisotopic (exact) mass is 209 g/mol. The van der Waals surface area contributed by atoms with Crippen LogP contribution in [0, 0.1) is 0 Å². The largest absolute Gasteiger partial charge is 0.468 e. The molecule has 0 spiro atoms. The molecule has 3 N–H and O–H groups in total. The molecular weight excluding hydrogens is 199 g/mol. The Morgan fingerprint density at radius 2 is 2.14 bits per heavy atom. The molecule has 0 saturated heterocycles. The molecule has 2 atom stereocenters. The number of nitrogens with two attached hydrogens (primary N) is 1. The molecule has 1 aromatic rings. The van der Waals surface area contributed by atoms with Crippen LogP contribution in [0.25, 0.3) is 0 Å². The van der Waals surface area contributed by atoms with Crippen LogP contribution in [0.2, 0.25) is 0 Å². The van der Waals surface area contributed by atoms with E-state index in [9.17, 15) is 13.2 Å². The van der Waals surface area contributed by atoms with Gasteiger partial charge in [0.1, 0.15) is 5.76 Å². The summed E-state index contributed by atoms with van der Waals surface area (Å²) >= 11 is 0. The van der Waals surface area contributed by atoms with E-state index in [1.807, 2.05) is 0 Å². The second-order valence-electron chi connectivity index (χ2n) is 2.92. The highest BCUT2D eigenvalue weighted by Gasteiger charge is 2.39. The minimum Gasteiger partial charge on any atom is -0.468 e. The SMILES string of the molecule is NC(CC(O)C(F)(F)F)c1ccco1. The van der Waals surface area contributed by atoms with Gasteiger partial charge in [-0.15, -0.1) is 0 Å². The molecule has 0 aliphatic rings. The third-order valence-electron chi connectivity index (χ3n) is 1.76. The summed E-state index contributed by atoms with van der Waals surface area (Å²) in [5.41, 5.74) is 5.38. The lowest BCUT2D eigenvalue weighted by Crippen LogP contribution is -2.32. The van der Waals surface area contributed by atoms with Crippen molar-refractivity contribution in [3.8, 4) is 0 Å². The Hall–Kier alpha value is -1.01. The number of rotatable bonds is 3. The van der Waals surface area contributed by atoms with Crippen molar-refractivity contribution in [2.24, 2.45) is 5.73 Å². The third-order valence-corrected chi connectivity index (χ3v) is 1.76. The summed E-state index contributed by atoms with van der Waals surface area (Å²) < 4.78 is 40.6. The molecule has 0 aromatic carbocycles. The fraction of sp³-hybridized carbons (Fsp3) is 0.500. The number of hydrogen-bond acceptors (Lipinski definition) is 3. The summed E-state index contributed by atoms with van der Waals surface area (Å²) in [7, 11) is 0. The Labute approximate surface area is 78.3 Å². The summed E-state index contributed by atoms with van der Waals surface area (Å²) in [6.45, 7) is 0. The maximum atomic E-state index is 11.9. The highest BCUT2D eigenvalue weighted by Crippen LogP contribution is 2.26. The zero-order chi connectivity index (χ0) is 10.8. The Morgan fingerprint density at radius 3 is 2.57 bits per heavy atom. The van der Waals surface area contributed by atoms with E-state index >= 15 is 0 Å². The average Bonchev–Trinajstić information content (AvgIpc) is 2.53. The van der Waals surface area contributed by atoms with E-state index in [0.29, 0.717) is 0 Å². The molecular formula is C8H10F3NO2. The molecule has 3 nitrogen and oxygen atoms in total. The van der Waals surface area contributed by atoms with E-state index in [1.54, 1.807) is 0 Å². The molecule has 1 aromatic heterocycles. The number of aliphatic hydroxyl groups excluding tert-OH is 1. The minimum atomic E-state index is -4.63. The van der Waals surface area contributed by atoms with Gasteiger partial charge in [0.05, 0.1) is 12.3 Å². The molecule has 0 aliphatic carbocycles. The van der Waals surface area contributed by atoms with Gasteiger partial charge in [0.15, 0.2) is 6.10 Å². The van der Waals surface area contributed by atoms with E-state index < -0.39 is 24.7 Å². The van der Waals surface area contributed by atoms with Crippen molar-refractivity contribution >= 4 is 0 Å². The number of hydrogen-bond donors (Lipinski definition) is 2. The third kappa shape index (κ3) is 2.74. The summed E-state index contributed by atoms with van der Waals surface area (Å²) in [4.78, 5) is 0. The van der Waals surface area contributed by atoms with Crippen LogP contribution in [-0.4, -0.2) is 17.4 Å². The van der Waals surface area contributed by atoms with Crippen LogP contribution in [0.3, 0.4) is 0 Å². The van der Waals surface area contributed by atoms with Crippen LogP contribution >= 0.6 is 0 Å². The maximum absolute atomic E-state index is 11.9. The van der Waals surface area contributed by atoms with E-state index in [-0.39, 0.29) is 5.76 Å². The van der Waals surface area contributed by atoms with E-state index in [1.165, 1.54) is 18.4 Å². The molecule has 6 heteroatoms. The minimum absolute atomic E-state index is 0.230. The lowest BCUT2D eigenvalue weighted by molar-refractivity contribution is -0.206. The normalized spacial score (nSPS) is 16.6. The molecule has 1 rings (SSSR count). The van der Waals surface area contributed by atoms with Gasteiger partial charge in [-0.3, -0.25) is 0 Å². The Kier molecular flexibility index (Phi) is 3.17. The molecule has 0 bridgehead atoms. The topological polar surface area (TPSA) is 59.4 Å². The van der Waals surface area contributed by atoms with Crippen LogP contribution in [0.5, 0.6) is 0 Å². The maximum Gasteiger partial charge on any atom is 0.414 e. The fourth-order valence-corrected chi connectivity index (χ4v) is 0.993. The Bertz CT molecular complexity index is 271. The number of alkyl halides is 3. The zero-order valence-corrected chi connectivity index (χ0v) is 7.16. The molecule has 0 aliphatic heterocycles. The molecule has 2 unspecified atom stereocenters. The van der Waals surface area contributed by atoms with Gasteiger partial charge in [-0.25, -0.2) is 0 Å². The molecule has 0 saturated carbocycles. The standard InChI is InChI=1S/C8H10F3NO2/c9-8(10,11)7(13)4-5(12)6-2-1-3-14-6/h1-3,5,7,13H,4,12H2. The van der Waals surface area contributed by atoms with Crippen LogP contribution in [0.4, 0.5) is 13.2 Å². The first-order valence-electron chi connectivity index (χ1n) is 3.95. The molecule has 14 heavy (non-hydrogen) atoms. The second-order valence-corrected chi connectivity index (χ2v) is 2.92. The van der Waals surface area contributed by atoms with Gasteiger partial charge in [0.25, 0.3) is 0 Å². The van der Waals surface area contributed by atoms with Crippen molar-refractivity contribution in [3.63, 3.8) is 0 Å². The van der Waals surface area contributed by atoms with Crippen molar-refractivity contribution in [1.29, 1.82) is 0 Å². The quantitative estimate of drug-likeness (QED) is 0.794. The predicted molar refractivity (Wildman–Crippen MR) is 42.3 cm³/mol. The Morgan fingerprint density at radius 1 is 1.50 bits per heavy atom. The highest BCUT2D eigenvalue weighted by molar-refractivity contribution is 5.03. The van der Waals surface area contributed by atoms with E-state index in [2.05, 4.69) is 0 Å². The summed E-state index contributed by atoms with van der Waals surface area (Å²) in [5.74, 6) is 0.230. The molecule has 1 heterocycles. The van der Waals surface area contributed by atoms with Crippen molar-refractivity contribution < 1.29 is 22.7 Å². The van der Waals surface area contributed by atoms with Crippen molar-refractivity contribution in [2.75, 3.05) is 0 Å². The predicted octanol–water partition coefficient (Wildman–Crippen LogP) is 1.59. The molecule has 0 amide bonds. The van der Waals surface area contributed by atoms with Crippen LogP contribution in [-0.2, 0) is 0 Å². The van der Waals surface area contributed by atoms with Gasteiger partial charge in [0.2, 0.25) is 0 Å². The van der Waals surface area contributed by atoms with Gasteiger partial charge >= 0.3 is 6.18 Å². The molecule has 0 fully saturated rings. The summed E-state index contributed by atoms with van der Waals surface area (Å²) in [6.07, 6.45) is -6.33. The van der Waals surface area contributed by atoms with Crippen LogP contribution < -0.4 is 5.73 Å². The molecule has 80 valence electrons. The molecule has 0 radical (unpaired) electrons. The second kappa shape index (κ2) is 4.02. The van der Waals surface area contributed by atoms with Crippen molar-refractivity contribution in [1.82, 2.24) is 0 Å². The first-order valence-corrected chi connectivity index (χ1v) is 3.95. The van der Waals surface area contributed by atoms with Gasteiger partial charge < -0.3 is 15.3 Å². The van der Waals surface area contributed by atoms with Crippen LogP contribution in [0.15, 0.2) is 22.8 Å². The van der Waals surface area contributed by atoms with E-state index in [0.717, 1.165) is 0 Å². The van der Waals surface area contributed by atoms with Gasteiger partial charge in [0, 0.05) is 6.42 Å². The van der Waals surface area contributed by atoms with E-state index in [4.69, 9.17) is 15.3 Å². The smallest absolute Gasteiger partial charge is 0.414 e. The average molecular weight is 209 g/mol. The Balaban J connectivity index is 2.53.